The van der Waals surface area contributed by atoms with Crippen molar-refractivity contribution in [1.29, 1.82) is 0 Å². The number of nitrogens with zero attached hydrogens (tertiary/aromatic N) is 2. The molecule has 0 aliphatic carbocycles. The lowest BCUT2D eigenvalue weighted by Crippen LogP contribution is -2.42. The molecule has 2 atom stereocenters. The van der Waals surface area contributed by atoms with Gasteiger partial charge < -0.3 is 5.73 Å². The van der Waals surface area contributed by atoms with Crippen LogP contribution in [0.4, 0.5) is 0 Å². The molecule has 1 saturated heterocycles. The number of hydrogen-bond acceptors (Lipinski definition) is 3. The summed E-state index contributed by atoms with van der Waals surface area (Å²) in [6.45, 7) is 5.12. The van der Waals surface area contributed by atoms with Crippen molar-refractivity contribution >= 4 is 31.9 Å². The van der Waals surface area contributed by atoms with Crippen LogP contribution < -0.4 is 5.73 Å². The van der Waals surface area contributed by atoms with Crippen molar-refractivity contribution in [1.82, 2.24) is 9.88 Å². The van der Waals surface area contributed by atoms with Crippen LogP contribution in [0.3, 0.4) is 0 Å². The summed E-state index contributed by atoms with van der Waals surface area (Å²) in [6, 6.07) is 2.41. The van der Waals surface area contributed by atoms with Crippen LogP contribution in [-0.2, 0) is 0 Å². The Morgan fingerprint density at radius 3 is 2.89 bits per heavy atom. The third-order valence-corrected chi connectivity index (χ3v) is 4.75. The maximum Gasteiger partial charge on any atom is 0.0721 e. The molecule has 2 rings (SSSR count). The second-order valence-electron chi connectivity index (χ2n) is 4.73. The van der Waals surface area contributed by atoms with Gasteiger partial charge >= 0.3 is 0 Å². The summed E-state index contributed by atoms with van der Waals surface area (Å²) >= 11 is 7.09. The van der Waals surface area contributed by atoms with Crippen LogP contribution >= 0.6 is 31.9 Å². The number of nitrogens with two attached hydrogens (primary N) is 1. The van der Waals surface area contributed by atoms with Crippen LogP contribution in [0, 0.1) is 5.92 Å². The Morgan fingerprint density at radius 1 is 1.50 bits per heavy atom. The van der Waals surface area contributed by atoms with E-state index in [0.29, 0.717) is 12.0 Å². The maximum atomic E-state index is 5.95. The molecule has 1 fully saturated rings. The SMILES string of the molecule is CCN1CCCC(CN)C1c1ncc(Br)cc1Br. The average Bonchev–Trinajstić information content (AvgIpc) is 2.38. The summed E-state index contributed by atoms with van der Waals surface area (Å²) in [7, 11) is 0. The highest BCUT2D eigenvalue weighted by molar-refractivity contribution is 9.11. The Kier molecular flexibility index (Phi) is 5.18. The Morgan fingerprint density at radius 2 is 2.28 bits per heavy atom. The average molecular weight is 377 g/mol. The van der Waals surface area contributed by atoms with Crippen LogP contribution in [-0.4, -0.2) is 29.5 Å². The van der Waals surface area contributed by atoms with Gasteiger partial charge in [-0.15, -0.1) is 0 Å². The number of aromatic nitrogens is 1. The molecule has 2 N–H and O–H groups in total. The molecule has 0 amide bonds. The number of hydrogen-bond donors (Lipinski definition) is 1. The first-order valence-corrected chi connectivity index (χ1v) is 8.01. The zero-order valence-corrected chi connectivity index (χ0v) is 13.7. The fourth-order valence-electron chi connectivity index (χ4n) is 2.79. The van der Waals surface area contributed by atoms with Crippen LogP contribution in [0.15, 0.2) is 21.2 Å². The van der Waals surface area contributed by atoms with Gasteiger partial charge in [0.25, 0.3) is 0 Å². The quantitative estimate of drug-likeness (QED) is 0.879. The minimum absolute atomic E-state index is 0.344. The molecule has 0 aromatic carbocycles. The van der Waals surface area contributed by atoms with Gasteiger partial charge in [0.15, 0.2) is 0 Å². The standard InChI is InChI=1S/C13H19Br2N3/c1-2-18-5-3-4-9(7-16)13(18)12-11(15)6-10(14)8-17-12/h6,8-9,13H,2-5,7,16H2,1H3. The summed E-state index contributed by atoms with van der Waals surface area (Å²) < 4.78 is 2.07. The second kappa shape index (κ2) is 6.46. The summed E-state index contributed by atoms with van der Waals surface area (Å²) in [6.07, 6.45) is 4.30. The zero-order valence-electron chi connectivity index (χ0n) is 10.6. The molecule has 1 aromatic heterocycles. The molecule has 2 heterocycles. The molecule has 0 radical (unpaired) electrons. The van der Waals surface area contributed by atoms with E-state index in [0.717, 1.165) is 34.3 Å². The molecule has 1 aliphatic heterocycles. The van der Waals surface area contributed by atoms with Gasteiger partial charge in [0, 0.05) is 15.1 Å². The topological polar surface area (TPSA) is 42.1 Å². The number of likely N-dealkylation sites (tertiary alicyclic amines) is 1. The molecule has 5 heteroatoms. The van der Waals surface area contributed by atoms with Gasteiger partial charge in [0.05, 0.1) is 11.7 Å². The third kappa shape index (κ3) is 2.95. The van der Waals surface area contributed by atoms with Gasteiger partial charge in [-0.3, -0.25) is 9.88 Å². The fourth-order valence-corrected chi connectivity index (χ4v) is 4.01. The second-order valence-corrected chi connectivity index (χ2v) is 6.50. The first kappa shape index (κ1) is 14.4. The molecule has 1 aliphatic rings. The van der Waals surface area contributed by atoms with Crippen LogP contribution in [0.25, 0.3) is 0 Å². The molecule has 100 valence electrons. The van der Waals surface area contributed by atoms with E-state index in [1.165, 1.54) is 12.8 Å². The van der Waals surface area contributed by atoms with Gasteiger partial charge in [-0.2, -0.15) is 0 Å². The van der Waals surface area contributed by atoms with Crippen molar-refractivity contribution in [2.24, 2.45) is 11.7 Å². The molecule has 0 saturated carbocycles. The molecule has 0 spiro atoms. The molecule has 0 bridgehead atoms. The summed E-state index contributed by atoms with van der Waals surface area (Å²) in [5.74, 6) is 0.503. The van der Waals surface area contributed by atoms with E-state index in [4.69, 9.17) is 5.73 Å². The molecular formula is C13H19Br2N3. The van der Waals surface area contributed by atoms with Crippen LogP contribution in [0.2, 0.25) is 0 Å². The predicted octanol–water partition coefficient (Wildman–Crippen LogP) is 3.34. The van der Waals surface area contributed by atoms with Crippen molar-refractivity contribution in [2.75, 3.05) is 19.6 Å². The van der Waals surface area contributed by atoms with Crippen molar-refractivity contribution in [3.63, 3.8) is 0 Å². The lowest BCUT2D eigenvalue weighted by Gasteiger charge is -2.40. The predicted molar refractivity (Wildman–Crippen MR) is 81.4 cm³/mol. The van der Waals surface area contributed by atoms with Gasteiger partial charge in [0.2, 0.25) is 0 Å². The van der Waals surface area contributed by atoms with Crippen LogP contribution in [0.1, 0.15) is 31.5 Å². The van der Waals surface area contributed by atoms with E-state index >= 15 is 0 Å². The summed E-state index contributed by atoms with van der Waals surface area (Å²) in [5.41, 5.74) is 7.07. The van der Waals surface area contributed by atoms with E-state index in [1.807, 2.05) is 6.20 Å². The third-order valence-electron chi connectivity index (χ3n) is 3.69. The van der Waals surface area contributed by atoms with Crippen molar-refractivity contribution in [2.45, 2.75) is 25.8 Å². The van der Waals surface area contributed by atoms with E-state index < -0.39 is 0 Å². The summed E-state index contributed by atoms with van der Waals surface area (Å²) in [4.78, 5) is 7.10. The molecular weight excluding hydrogens is 358 g/mol. The van der Waals surface area contributed by atoms with Crippen molar-refractivity contribution < 1.29 is 0 Å². The Bertz CT molecular complexity index is 399. The lowest BCUT2D eigenvalue weighted by molar-refractivity contribution is 0.0983. The van der Waals surface area contributed by atoms with Crippen molar-refractivity contribution in [3.8, 4) is 0 Å². The number of rotatable bonds is 3. The first-order chi connectivity index (χ1) is 8.67. The van der Waals surface area contributed by atoms with Gasteiger partial charge in [0.1, 0.15) is 0 Å². The number of halogens is 2. The van der Waals surface area contributed by atoms with Crippen LogP contribution in [0.5, 0.6) is 0 Å². The largest absolute Gasteiger partial charge is 0.330 e. The zero-order chi connectivity index (χ0) is 13.1. The van der Waals surface area contributed by atoms with E-state index in [2.05, 4.69) is 54.7 Å². The Hall–Kier alpha value is 0.0300. The first-order valence-electron chi connectivity index (χ1n) is 6.42. The van der Waals surface area contributed by atoms with E-state index in [1.54, 1.807) is 0 Å². The highest BCUT2D eigenvalue weighted by Crippen LogP contribution is 2.37. The summed E-state index contributed by atoms with van der Waals surface area (Å²) in [5, 5.41) is 0. The molecule has 2 unspecified atom stereocenters. The maximum absolute atomic E-state index is 5.95. The Labute approximate surface area is 125 Å². The lowest BCUT2D eigenvalue weighted by atomic mass is 9.87. The molecule has 3 nitrogen and oxygen atoms in total. The monoisotopic (exact) mass is 375 g/mol. The minimum Gasteiger partial charge on any atom is -0.330 e. The van der Waals surface area contributed by atoms with E-state index in [9.17, 15) is 0 Å². The van der Waals surface area contributed by atoms with Gasteiger partial charge in [-0.25, -0.2) is 0 Å². The number of piperidine rings is 1. The molecule has 18 heavy (non-hydrogen) atoms. The Balaban J connectivity index is 2.36. The normalized spacial score (nSPS) is 25.3. The molecule has 1 aromatic rings. The van der Waals surface area contributed by atoms with E-state index in [-0.39, 0.29) is 0 Å². The smallest absolute Gasteiger partial charge is 0.0721 e. The highest BCUT2D eigenvalue weighted by atomic mass is 79.9. The minimum atomic E-state index is 0.344. The van der Waals surface area contributed by atoms with Crippen molar-refractivity contribution in [3.05, 3.63) is 26.9 Å². The highest BCUT2D eigenvalue weighted by Gasteiger charge is 2.33. The number of pyridine rings is 1. The van der Waals surface area contributed by atoms with Gasteiger partial charge in [-0.05, 0) is 76.3 Å². The van der Waals surface area contributed by atoms with Gasteiger partial charge in [-0.1, -0.05) is 6.92 Å². The fraction of sp³-hybridized carbons (Fsp3) is 0.615.